The highest BCUT2D eigenvalue weighted by Crippen LogP contribution is 2.39. The Hall–Kier alpha value is -0.640. The normalized spacial score (nSPS) is 28.7. The molecular weight excluding hydrogens is 313 g/mol. The molecule has 1 saturated heterocycles. The molecule has 0 bridgehead atoms. The lowest BCUT2D eigenvalue weighted by atomic mass is 9.77. The summed E-state index contributed by atoms with van der Waals surface area (Å²) in [7, 11) is 0. The smallest absolute Gasteiger partial charge is 0.124 e. The van der Waals surface area contributed by atoms with Crippen LogP contribution in [-0.2, 0) is 4.74 Å². The van der Waals surface area contributed by atoms with Crippen molar-refractivity contribution in [2.75, 3.05) is 19.8 Å². The van der Waals surface area contributed by atoms with Gasteiger partial charge in [-0.1, -0.05) is 17.7 Å². The summed E-state index contributed by atoms with van der Waals surface area (Å²) in [6, 6.07) is 5.40. The fraction of sp³-hybridized carbons (Fsp3) is 0.684. The second-order valence-electron chi connectivity index (χ2n) is 7.04. The van der Waals surface area contributed by atoms with Gasteiger partial charge in [0.05, 0.1) is 6.61 Å². The molecule has 1 atom stereocenters. The van der Waals surface area contributed by atoms with Gasteiger partial charge in [0.1, 0.15) is 5.82 Å². The minimum Gasteiger partial charge on any atom is -0.380 e. The number of benzene rings is 1. The van der Waals surface area contributed by atoms with Crippen LogP contribution in [0.4, 0.5) is 4.39 Å². The first-order valence-electron chi connectivity index (χ1n) is 8.98. The van der Waals surface area contributed by atoms with Gasteiger partial charge < -0.3 is 10.1 Å². The molecule has 2 nitrogen and oxygen atoms in total. The third-order valence-electron chi connectivity index (χ3n) is 5.39. The van der Waals surface area contributed by atoms with Gasteiger partial charge in [-0.2, -0.15) is 0 Å². The summed E-state index contributed by atoms with van der Waals surface area (Å²) < 4.78 is 18.7. The van der Waals surface area contributed by atoms with Crippen LogP contribution in [0.15, 0.2) is 18.2 Å². The standard InChI is InChI=1S/C19H27ClFNO/c20-19-12-16(21)7-8-18(19)15-5-3-14(4-6-15)9-10-22-17-2-1-11-23-13-17/h7-8,12,14-15,17,22H,1-6,9-11,13H2/t14-,15+,17?. The summed E-state index contributed by atoms with van der Waals surface area (Å²) in [5.74, 6) is 1.06. The van der Waals surface area contributed by atoms with Crippen LogP contribution in [0.3, 0.4) is 0 Å². The molecule has 0 radical (unpaired) electrons. The van der Waals surface area contributed by atoms with E-state index in [4.69, 9.17) is 16.3 Å². The van der Waals surface area contributed by atoms with E-state index in [0.29, 0.717) is 17.0 Å². The highest BCUT2D eigenvalue weighted by atomic mass is 35.5. The van der Waals surface area contributed by atoms with Gasteiger partial charge >= 0.3 is 0 Å². The average Bonchev–Trinajstić information content (AvgIpc) is 2.57. The van der Waals surface area contributed by atoms with Gasteiger partial charge in [-0.25, -0.2) is 4.39 Å². The molecule has 4 heteroatoms. The Bertz CT molecular complexity index is 496. The molecule has 1 heterocycles. The van der Waals surface area contributed by atoms with E-state index in [0.717, 1.165) is 31.2 Å². The van der Waals surface area contributed by atoms with Crippen molar-refractivity contribution in [1.29, 1.82) is 0 Å². The summed E-state index contributed by atoms with van der Waals surface area (Å²) in [5.41, 5.74) is 1.13. The maximum Gasteiger partial charge on any atom is 0.124 e. The topological polar surface area (TPSA) is 21.3 Å². The van der Waals surface area contributed by atoms with E-state index >= 15 is 0 Å². The molecule has 1 saturated carbocycles. The molecule has 1 N–H and O–H groups in total. The van der Waals surface area contributed by atoms with E-state index < -0.39 is 0 Å². The fourth-order valence-electron chi connectivity index (χ4n) is 3.99. The van der Waals surface area contributed by atoms with Crippen LogP contribution < -0.4 is 5.32 Å². The van der Waals surface area contributed by atoms with Crippen LogP contribution in [0.1, 0.15) is 56.4 Å². The van der Waals surface area contributed by atoms with Crippen LogP contribution in [-0.4, -0.2) is 25.8 Å². The zero-order valence-electron chi connectivity index (χ0n) is 13.7. The van der Waals surface area contributed by atoms with Crippen LogP contribution in [0.2, 0.25) is 5.02 Å². The minimum absolute atomic E-state index is 0.245. The lowest BCUT2D eigenvalue weighted by Gasteiger charge is -2.30. The van der Waals surface area contributed by atoms with Crippen molar-refractivity contribution in [2.45, 2.75) is 56.9 Å². The van der Waals surface area contributed by atoms with Crippen molar-refractivity contribution >= 4 is 11.6 Å². The van der Waals surface area contributed by atoms with E-state index in [1.807, 2.05) is 6.07 Å². The second kappa shape index (κ2) is 8.46. The number of hydrogen-bond donors (Lipinski definition) is 1. The Morgan fingerprint density at radius 2 is 2.00 bits per heavy atom. The van der Waals surface area contributed by atoms with Crippen molar-refractivity contribution < 1.29 is 9.13 Å². The molecular formula is C19H27ClFNO. The molecule has 0 amide bonds. The molecule has 1 aromatic rings. The molecule has 128 valence electrons. The molecule has 1 unspecified atom stereocenters. The number of hydrogen-bond acceptors (Lipinski definition) is 2. The molecule has 0 spiro atoms. The highest BCUT2D eigenvalue weighted by molar-refractivity contribution is 6.31. The van der Waals surface area contributed by atoms with Gasteiger partial charge in [-0.05, 0) is 81.0 Å². The van der Waals surface area contributed by atoms with Gasteiger partial charge in [0, 0.05) is 17.7 Å². The first kappa shape index (κ1) is 17.2. The Morgan fingerprint density at radius 1 is 1.17 bits per heavy atom. The average molecular weight is 340 g/mol. The first-order chi connectivity index (χ1) is 11.2. The van der Waals surface area contributed by atoms with Gasteiger partial charge in [-0.3, -0.25) is 0 Å². The molecule has 23 heavy (non-hydrogen) atoms. The quantitative estimate of drug-likeness (QED) is 0.822. The summed E-state index contributed by atoms with van der Waals surface area (Å²) in [4.78, 5) is 0. The summed E-state index contributed by atoms with van der Waals surface area (Å²) >= 11 is 6.21. The van der Waals surface area contributed by atoms with E-state index in [-0.39, 0.29) is 5.82 Å². The molecule has 0 aromatic heterocycles. The maximum atomic E-state index is 13.2. The maximum absolute atomic E-state index is 13.2. The van der Waals surface area contributed by atoms with Crippen LogP contribution in [0.25, 0.3) is 0 Å². The van der Waals surface area contributed by atoms with Crippen molar-refractivity contribution in [3.8, 4) is 0 Å². The monoisotopic (exact) mass is 339 g/mol. The number of nitrogens with one attached hydrogen (secondary N) is 1. The van der Waals surface area contributed by atoms with Gasteiger partial charge in [-0.15, -0.1) is 0 Å². The van der Waals surface area contributed by atoms with E-state index in [9.17, 15) is 4.39 Å². The number of ether oxygens (including phenoxy) is 1. The zero-order valence-corrected chi connectivity index (χ0v) is 14.5. The van der Waals surface area contributed by atoms with E-state index in [1.165, 1.54) is 57.1 Å². The predicted octanol–water partition coefficient (Wildman–Crippen LogP) is 4.91. The van der Waals surface area contributed by atoms with E-state index in [2.05, 4.69) is 5.32 Å². The van der Waals surface area contributed by atoms with Crippen molar-refractivity contribution in [3.05, 3.63) is 34.6 Å². The Labute approximate surface area is 143 Å². The largest absolute Gasteiger partial charge is 0.380 e. The number of halogens is 2. The van der Waals surface area contributed by atoms with Crippen LogP contribution >= 0.6 is 11.6 Å². The Kier molecular flexibility index (Phi) is 6.32. The van der Waals surface area contributed by atoms with Gasteiger partial charge in [0.25, 0.3) is 0 Å². The number of rotatable bonds is 5. The summed E-state index contributed by atoms with van der Waals surface area (Å²) in [5, 5.41) is 4.23. The zero-order chi connectivity index (χ0) is 16.1. The lowest BCUT2D eigenvalue weighted by Crippen LogP contribution is -2.37. The molecule has 1 aromatic carbocycles. The van der Waals surface area contributed by atoms with E-state index in [1.54, 1.807) is 0 Å². The first-order valence-corrected chi connectivity index (χ1v) is 9.36. The molecule has 1 aliphatic heterocycles. The van der Waals surface area contributed by atoms with Crippen molar-refractivity contribution in [1.82, 2.24) is 5.32 Å². The minimum atomic E-state index is -0.245. The Balaban J connectivity index is 1.39. The van der Waals surface area contributed by atoms with Crippen LogP contribution in [0, 0.1) is 11.7 Å². The molecule has 2 fully saturated rings. The van der Waals surface area contributed by atoms with Crippen molar-refractivity contribution in [3.63, 3.8) is 0 Å². The lowest BCUT2D eigenvalue weighted by molar-refractivity contribution is 0.0698. The highest BCUT2D eigenvalue weighted by Gasteiger charge is 2.24. The Morgan fingerprint density at radius 3 is 2.70 bits per heavy atom. The third-order valence-corrected chi connectivity index (χ3v) is 5.72. The second-order valence-corrected chi connectivity index (χ2v) is 7.45. The van der Waals surface area contributed by atoms with Gasteiger partial charge in [0.15, 0.2) is 0 Å². The molecule has 3 rings (SSSR count). The summed E-state index contributed by atoms with van der Waals surface area (Å²) in [6.07, 6.45) is 8.52. The van der Waals surface area contributed by atoms with Gasteiger partial charge in [0.2, 0.25) is 0 Å². The SMILES string of the molecule is Fc1ccc([C@H]2CC[C@@H](CCNC3CCCOC3)CC2)c(Cl)c1. The predicted molar refractivity (Wildman–Crippen MR) is 92.6 cm³/mol. The fourth-order valence-corrected chi connectivity index (χ4v) is 4.31. The van der Waals surface area contributed by atoms with Crippen LogP contribution in [0.5, 0.6) is 0 Å². The van der Waals surface area contributed by atoms with Crippen molar-refractivity contribution in [2.24, 2.45) is 5.92 Å². The molecule has 2 aliphatic rings. The third kappa shape index (κ3) is 4.91. The summed E-state index contributed by atoms with van der Waals surface area (Å²) in [6.45, 7) is 2.89. The molecule has 1 aliphatic carbocycles.